The Morgan fingerprint density at radius 1 is 0.857 bits per heavy atom. The van der Waals surface area contributed by atoms with Gasteiger partial charge in [-0.2, -0.15) is 0 Å². The number of hydrogen-bond donors (Lipinski definition) is 2. The van der Waals surface area contributed by atoms with Crippen LogP contribution < -0.4 is 0 Å². The van der Waals surface area contributed by atoms with E-state index in [4.69, 9.17) is 10.5 Å². The van der Waals surface area contributed by atoms with E-state index in [0.29, 0.717) is 6.42 Å². The summed E-state index contributed by atoms with van der Waals surface area (Å²) < 4.78 is 0. The van der Waals surface area contributed by atoms with Crippen LogP contribution in [0.25, 0.3) is 0 Å². The van der Waals surface area contributed by atoms with Crippen molar-refractivity contribution in [1.82, 2.24) is 0 Å². The minimum absolute atomic E-state index is 0.529. The molecule has 14 heavy (non-hydrogen) atoms. The highest BCUT2D eigenvalue weighted by Crippen LogP contribution is 2.10. The van der Waals surface area contributed by atoms with Gasteiger partial charge in [0.1, 0.15) is 0 Å². The van der Waals surface area contributed by atoms with Gasteiger partial charge < -0.3 is 0 Å². The Morgan fingerprint density at radius 3 is 1.86 bits per heavy atom. The maximum Gasteiger partial charge on any atom is 0.223 e. The Labute approximate surface area is 85.7 Å². The molecule has 4 heteroatoms. The van der Waals surface area contributed by atoms with Crippen LogP contribution in [0.1, 0.15) is 58.3 Å². The third-order valence-electron chi connectivity index (χ3n) is 2.28. The van der Waals surface area contributed by atoms with Gasteiger partial charge in [-0.15, -0.1) is 0 Å². The zero-order chi connectivity index (χ0) is 10.6. The molecular weight excluding hydrogens is 184 g/mol. The van der Waals surface area contributed by atoms with Gasteiger partial charge in [-0.1, -0.05) is 45.4 Å². The van der Waals surface area contributed by atoms with E-state index in [0.717, 1.165) is 12.8 Å². The Kier molecular flexibility index (Phi) is 10.8. The molecule has 0 saturated heterocycles. The van der Waals surface area contributed by atoms with Crippen LogP contribution in [-0.4, -0.2) is 16.8 Å². The van der Waals surface area contributed by atoms with Crippen LogP contribution in [-0.2, 0) is 9.78 Å². The lowest BCUT2D eigenvalue weighted by molar-refractivity contribution is -0.432. The van der Waals surface area contributed by atoms with Crippen LogP contribution in [0, 0.1) is 0 Å². The molecule has 0 radical (unpaired) electrons. The quantitative estimate of drug-likeness (QED) is 0.249. The molecule has 0 rings (SSSR count). The van der Waals surface area contributed by atoms with Crippen molar-refractivity contribution in [2.75, 3.05) is 0 Å². The van der Waals surface area contributed by atoms with Crippen molar-refractivity contribution in [3.05, 3.63) is 0 Å². The normalized spacial score (nSPS) is 11.1. The summed E-state index contributed by atoms with van der Waals surface area (Å²) in [5, 5.41) is 16.4. The van der Waals surface area contributed by atoms with E-state index in [1.165, 1.54) is 32.1 Å². The van der Waals surface area contributed by atoms with Gasteiger partial charge in [0.2, 0.25) is 6.29 Å². The second-order valence-electron chi connectivity index (χ2n) is 3.55. The second kappa shape index (κ2) is 10.9. The Balaban J connectivity index is 3.04. The summed E-state index contributed by atoms with van der Waals surface area (Å²) in [7, 11) is 0. The Morgan fingerprint density at radius 2 is 1.36 bits per heavy atom. The fraction of sp³-hybridized carbons (Fsp3) is 1.00. The van der Waals surface area contributed by atoms with Crippen molar-refractivity contribution < 1.29 is 20.3 Å². The van der Waals surface area contributed by atoms with Gasteiger partial charge in [0.05, 0.1) is 0 Å². The maximum atomic E-state index is 8.21. The number of hydrogen-bond acceptors (Lipinski definition) is 4. The minimum atomic E-state index is -0.884. The third kappa shape index (κ3) is 8.44. The molecule has 86 valence electrons. The fourth-order valence-electron chi connectivity index (χ4n) is 1.39. The summed E-state index contributed by atoms with van der Waals surface area (Å²) in [6.45, 7) is 2.20. The molecule has 0 bridgehead atoms. The monoisotopic (exact) mass is 206 g/mol. The molecule has 2 N–H and O–H groups in total. The Bertz CT molecular complexity index is 104. The topological polar surface area (TPSA) is 58.9 Å². The van der Waals surface area contributed by atoms with E-state index in [-0.39, 0.29) is 0 Å². The lowest BCUT2D eigenvalue weighted by Crippen LogP contribution is -2.12. The highest BCUT2D eigenvalue weighted by Gasteiger charge is 2.07. The van der Waals surface area contributed by atoms with Crippen molar-refractivity contribution in [2.24, 2.45) is 0 Å². The van der Waals surface area contributed by atoms with Gasteiger partial charge in [-0.25, -0.2) is 20.3 Å². The van der Waals surface area contributed by atoms with Crippen LogP contribution in [0.5, 0.6) is 0 Å². The molecule has 0 aliphatic heterocycles. The van der Waals surface area contributed by atoms with E-state index >= 15 is 0 Å². The van der Waals surface area contributed by atoms with Gasteiger partial charge >= 0.3 is 0 Å². The number of rotatable bonds is 10. The zero-order valence-electron chi connectivity index (χ0n) is 8.95. The first-order chi connectivity index (χ1) is 6.85. The first kappa shape index (κ1) is 13.8. The molecule has 0 heterocycles. The molecule has 0 atom stereocenters. The summed E-state index contributed by atoms with van der Waals surface area (Å²) in [6, 6.07) is 0. The molecule has 0 aromatic carbocycles. The summed E-state index contributed by atoms with van der Waals surface area (Å²) >= 11 is 0. The first-order valence-corrected chi connectivity index (χ1v) is 5.45. The molecule has 0 unspecified atom stereocenters. The predicted octanol–water partition coefficient (Wildman–Crippen LogP) is 3.43. The number of unbranched alkanes of at least 4 members (excludes halogenated alkanes) is 6. The van der Waals surface area contributed by atoms with E-state index in [2.05, 4.69) is 16.7 Å². The lowest BCUT2D eigenvalue weighted by atomic mass is 10.1. The SMILES string of the molecule is CCCCCCCCCC(OO)OO. The second-order valence-corrected chi connectivity index (χ2v) is 3.55. The average molecular weight is 206 g/mol. The van der Waals surface area contributed by atoms with Gasteiger partial charge in [0.15, 0.2) is 0 Å². The van der Waals surface area contributed by atoms with E-state index in [9.17, 15) is 0 Å². The molecule has 0 fully saturated rings. The molecule has 0 aromatic rings. The molecule has 0 saturated carbocycles. The molecule has 4 nitrogen and oxygen atoms in total. The van der Waals surface area contributed by atoms with Crippen molar-refractivity contribution in [1.29, 1.82) is 0 Å². The lowest BCUT2D eigenvalue weighted by Gasteiger charge is -2.08. The molecule has 0 aliphatic rings. The van der Waals surface area contributed by atoms with Crippen LogP contribution in [0.15, 0.2) is 0 Å². The molecule has 0 spiro atoms. The Hall–Kier alpha value is -0.160. The van der Waals surface area contributed by atoms with E-state index in [1.807, 2.05) is 0 Å². The summed E-state index contributed by atoms with van der Waals surface area (Å²) in [6.07, 6.45) is 7.97. The van der Waals surface area contributed by atoms with Crippen LogP contribution in [0.4, 0.5) is 0 Å². The summed E-state index contributed by atoms with van der Waals surface area (Å²) in [4.78, 5) is 7.74. The van der Waals surface area contributed by atoms with Gasteiger partial charge in [-0.05, 0) is 6.42 Å². The third-order valence-corrected chi connectivity index (χ3v) is 2.28. The highest BCUT2D eigenvalue weighted by molar-refractivity contribution is 4.47. The predicted molar refractivity (Wildman–Crippen MR) is 53.8 cm³/mol. The van der Waals surface area contributed by atoms with Crippen LogP contribution in [0.2, 0.25) is 0 Å². The van der Waals surface area contributed by atoms with Crippen molar-refractivity contribution >= 4 is 0 Å². The standard InChI is InChI=1S/C10H22O4/c1-2-3-4-5-6-7-8-9-10(13-11)14-12/h10-12H,2-9H2,1H3. The molecular formula is C10H22O4. The first-order valence-electron chi connectivity index (χ1n) is 5.45. The average Bonchev–Trinajstić information content (AvgIpc) is 2.22. The maximum absolute atomic E-state index is 8.21. The van der Waals surface area contributed by atoms with Crippen LogP contribution in [0.3, 0.4) is 0 Å². The largest absolute Gasteiger partial charge is 0.249 e. The van der Waals surface area contributed by atoms with Crippen molar-refractivity contribution in [3.63, 3.8) is 0 Å². The summed E-state index contributed by atoms with van der Waals surface area (Å²) in [5.74, 6) is 0. The molecule has 0 aromatic heterocycles. The molecule has 0 amide bonds. The van der Waals surface area contributed by atoms with E-state index < -0.39 is 6.29 Å². The highest BCUT2D eigenvalue weighted by atomic mass is 17.2. The van der Waals surface area contributed by atoms with Gasteiger partial charge in [-0.3, -0.25) is 0 Å². The minimum Gasteiger partial charge on any atom is -0.249 e. The van der Waals surface area contributed by atoms with Crippen molar-refractivity contribution in [2.45, 2.75) is 64.6 Å². The van der Waals surface area contributed by atoms with Gasteiger partial charge in [0, 0.05) is 6.42 Å². The zero-order valence-corrected chi connectivity index (χ0v) is 8.95. The smallest absolute Gasteiger partial charge is 0.223 e. The summed E-state index contributed by atoms with van der Waals surface area (Å²) in [5.41, 5.74) is 0. The van der Waals surface area contributed by atoms with Crippen molar-refractivity contribution in [3.8, 4) is 0 Å². The van der Waals surface area contributed by atoms with Gasteiger partial charge in [0.25, 0.3) is 0 Å². The molecule has 0 aliphatic carbocycles. The van der Waals surface area contributed by atoms with E-state index in [1.54, 1.807) is 0 Å². The van der Waals surface area contributed by atoms with Crippen LogP contribution >= 0.6 is 0 Å². The fourth-order valence-corrected chi connectivity index (χ4v) is 1.39.